The van der Waals surface area contributed by atoms with Gasteiger partial charge in [0.25, 0.3) is 0 Å². The Labute approximate surface area is 156 Å². The van der Waals surface area contributed by atoms with Crippen LogP contribution in [0.3, 0.4) is 0 Å². The first kappa shape index (κ1) is 18.6. The van der Waals surface area contributed by atoms with Gasteiger partial charge >= 0.3 is 5.97 Å². The molecule has 0 aliphatic carbocycles. The summed E-state index contributed by atoms with van der Waals surface area (Å²) in [6.07, 6.45) is 1.71. The maximum absolute atomic E-state index is 12.3. The summed E-state index contributed by atoms with van der Waals surface area (Å²) < 4.78 is 30.3. The largest absolute Gasteiger partial charge is 0.453 e. The van der Waals surface area contributed by atoms with E-state index in [1.165, 1.54) is 21.9 Å². The number of esters is 1. The van der Waals surface area contributed by atoms with Crippen molar-refractivity contribution in [3.8, 4) is 0 Å². The SMILES string of the molecule is Cc1ccc(C(=O)OCC(=O)c2ccc3c(c2)C[C@H](C)N3S(C)(=O)=O)s1. The Morgan fingerprint density at radius 3 is 2.62 bits per heavy atom. The molecule has 1 atom stereocenters. The number of Topliss-reactive ketones (excluding diaryl/α,β-unsaturated/α-hetero) is 1. The Kier molecular flexibility index (Phi) is 4.90. The third-order valence-corrected chi connectivity index (χ3v) is 6.44. The fourth-order valence-corrected chi connectivity index (χ4v) is 5.14. The van der Waals surface area contributed by atoms with Gasteiger partial charge in [-0.25, -0.2) is 13.2 Å². The summed E-state index contributed by atoms with van der Waals surface area (Å²) in [5.41, 5.74) is 1.80. The minimum absolute atomic E-state index is 0.190. The minimum Gasteiger partial charge on any atom is -0.453 e. The zero-order valence-electron chi connectivity index (χ0n) is 14.7. The van der Waals surface area contributed by atoms with Crippen molar-refractivity contribution in [3.63, 3.8) is 0 Å². The van der Waals surface area contributed by atoms with E-state index in [2.05, 4.69) is 0 Å². The minimum atomic E-state index is -3.37. The molecule has 1 aliphatic heterocycles. The van der Waals surface area contributed by atoms with Crippen molar-refractivity contribution in [1.82, 2.24) is 0 Å². The second-order valence-electron chi connectivity index (χ2n) is 6.37. The zero-order valence-corrected chi connectivity index (χ0v) is 16.3. The normalized spacial score (nSPS) is 16.4. The van der Waals surface area contributed by atoms with Crippen molar-refractivity contribution in [2.45, 2.75) is 26.3 Å². The number of anilines is 1. The van der Waals surface area contributed by atoms with Crippen LogP contribution >= 0.6 is 11.3 Å². The first-order valence-corrected chi connectivity index (χ1v) is 10.7. The molecule has 0 saturated carbocycles. The van der Waals surface area contributed by atoms with Crippen LogP contribution in [-0.4, -0.2) is 39.1 Å². The third-order valence-electron chi connectivity index (χ3n) is 4.19. The van der Waals surface area contributed by atoms with Gasteiger partial charge in [0.05, 0.1) is 11.9 Å². The van der Waals surface area contributed by atoms with E-state index in [9.17, 15) is 18.0 Å². The van der Waals surface area contributed by atoms with E-state index in [0.717, 1.165) is 10.4 Å². The summed E-state index contributed by atoms with van der Waals surface area (Å²) in [5.74, 6) is -0.839. The highest BCUT2D eigenvalue weighted by molar-refractivity contribution is 7.92. The molecule has 0 amide bonds. The number of ketones is 1. The summed E-state index contributed by atoms with van der Waals surface area (Å²) >= 11 is 1.31. The van der Waals surface area contributed by atoms with Crippen molar-refractivity contribution >= 4 is 38.8 Å². The Balaban J connectivity index is 1.72. The second-order valence-corrected chi connectivity index (χ2v) is 9.51. The second kappa shape index (κ2) is 6.85. The molecule has 138 valence electrons. The molecular formula is C18H19NO5S2. The maximum atomic E-state index is 12.3. The molecule has 1 aliphatic rings. The third kappa shape index (κ3) is 3.66. The maximum Gasteiger partial charge on any atom is 0.348 e. The summed E-state index contributed by atoms with van der Waals surface area (Å²) in [7, 11) is -3.37. The van der Waals surface area contributed by atoms with E-state index in [1.54, 1.807) is 24.3 Å². The van der Waals surface area contributed by atoms with Gasteiger partial charge in [-0.15, -0.1) is 11.3 Å². The smallest absolute Gasteiger partial charge is 0.348 e. The number of sulfonamides is 1. The number of hydrogen-bond acceptors (Lipinski definition) is 6. The quantitative estimate of drug-likeness (QED) is 0.576. The van der Waals surface area contributed by atoms with Gasteiger partial charge in [0.2, 0.25) is 10.0 Å². The molecule has 3 rings (SSSR count). The molecule has 26 heavy (non-hydrogen) atoms. The molecule has 0 bridgehead atoms. The molecule has 2 aromatic rings. The average Bonchev–Trinajstić information content (AvgIpc) is 3.13. The van der Waals surface area contributed by atoms with Crippen molar-refractivity contribution in [3.05, 3.63) is 51.2 Å². The van der Waals surface area contributed by atoms with E-state index in [1.807, 2.05) is 19.9 Å². The monoisotopic (exact) mass is 393 g/mol. The van der Waals surface area contributed by atoms with Crippen LogP contribution in [0.1, 0.15) is 37.4 Å². The number of thiophene rings is 1. The topological polar surface area (TPSA) is 80.8 Å². The molecule has 0 radical (unpaired) electrons. The van der Waals surface area contributed by atoms with Crippen molar-refractivity contribution in [1.29, 1.82) is 0 Å². The van der Waals surface area contributed by atoms with E-state index >= 15 is 0 Å². The Morgan fingerprint density at radius 2 is 2.00 bits per heavy atom. The fraction of sp³-hybridized carbons (Fsp3) is 0.333. The number of hydrogen-bond donors (Lipinski definition) is 0. The number of carbonyl (C=O) groups excluding carboxylic acids is 2. The Morgan fingerprint density at radius 1 is 1.27 bits per heavy atom. The number of carbonyl (C=O) groups is 2. The van der Waals surface area contributed by atoms with Gasteiger partial charge < -0.3 is 4.74 Å². The van der Waals surface area contributed by atoms with E-state index in [4.69, 9.17) is 4.74 Å². The van der Waals surface area contributed by atoms with Crippen LogP contribution < -0.4 is 4.31 Å². The first-order chi connectivity index (χ1) is 12.2. The highest BCUT2D eigenvalue weighted by Gasteiger charge is 2.32. The summed E-state index contributed by atoms with van der Waals surface area (Å²) in [6, 6.07) is 8.19. The lowest BCUT2D eigenvalue weighted by molar-refractivity contribution is 0.0479. The predicted molar refractivity (Wildman–Crippen MR) is 101 cm³/mol. The molecule has 0 fully saturated rings. The molecule has 0 unspecified atom stereocenters. The molecule has 2 heterocycles. The Bertz CT molecular complexity index is 977. The van der Waals surface area contributed by atoms with Crippen LogP contribution in [0.4, 0.5) is 5.69 Å². The van der Waals surface area contributed by atoms with Gasteiger partial charge in [-0.05, 0) is 56.2 Å². The van der Waals surface area contributed by atoms with Crippen molar-refractivity contribution in [2.75, 3.05) is 17.2 Å². The lowest BCUT2D eigenvalue weighted by Crippen LogP contribution is -2.34. The van der Waals surface area contributed by atoms with Crippen LogP contribution in [0.15, 0.2) is 30.3 Å². The van der Waals surface area contributed by atoms with Crippen LogP contribution in [0.25, 0.3) is 0 Å². The van der Waals surface area contributed by atoms with Crippen molar-refractivity contribution < 1.29 is 22.7 Å². The highest BCUT2D eigenvalue weighted by Crippen LogP contribution is 2.34. The zero-order chi connectivity index (χ0) is 19.1. The highest BCUT2D eigenvalue weighted by atomic mass is 32.2. The summed E-state index contributed by atoms with van der Waals surface area (Å²) in [6.45, 7) is 3.37. The van der Waals surface area contributed by atoms with Crippen LogP contribution in [0.2, 0.25) is 0 Å². The lowest BCUT2D eigenvalue weighted by Gasteiger charge is -2.21. The van der Waals surface area contributed by atoms with E-state index in [-0.39, 0.29) is 18.4 Å². The first-order valence-electron chi connectivity index (χ1n) is 8.06. The van der Waals surface area contributed by atoms with Gasteiger partial charge in [0.1, 0.15) is 4.88 Å². The number of nitrogens with zero attached hydrogens (tertiary/aromatic N) is 1. The molecule has 0 saturated heterocycles. The van der Waals surface area contributed by atoms with Crippen molar-refractivity contribution in [2.24, 2.45) is 0 Å². The molecule has 0 N–H and O–H groups in total. The summed E-state index contributed by atoms with van der Waals surface area (Å²) in [5, 5.41) is 0. The standard InChI is InChI=1S/C18H19NO5S2/c1-11-8-14-9-13(5-6-15(14)19(11)26(3,22)23)16(20)10-24-18(21)17-7-4-12(2)25-17/h4-7,9,11H,8,10H2,1-3H3/t11-/m0/s1. The van der Waals surface area contributed by atoms with Crippen LogP contribution in [-0.2, 0) is 21.2 Å². The Hall–Kier alpha value is -2.19. The van der Waals surface area contributed by atoms with Gasteiger partial charge in [0.15, 0.2) is 12.4 Å². The number of ether oxygens (including phenoxy) is 1. The molecule has 6 nitrogen and oxygen atoms in total. The van der Waals surface area contributed by atoms with Crippen LogP contribution in [0.5, 0.6) is 0 Å². The summed E-state index contributed by atoms with van der Waals surface area (Å²) in [4.78, 5) is 25.7. The van der Waals surface area contributed by atoms with Gasteiger partial charge in [0, 0.05) is 16.5 Å². The number of aryl methyl sites for hydroxylation is 1. The van der Waals surface area contributed by atoms with E-state index < -0.39 is 16.0 Å². The average molecular weight is 393 g/mol. The number of benzene rings is 1. The number of fused-ring (bicyclic) bond motifs is 1. The van der Waals surface area contributed by atoms with E-state index in [0.29, 0.717) is 22.5 Å². The van der Waals surface area contributed by atoms with Gasteiger partial charge in [-0.1, -0.05) is 0 Å². The lowest BCUT2D eigenvalue weighted by atomic mass is 10.0. The molecule has 8 heteroatoms. The van der Waals surface area contributed by atoms with Gasteiger partial charge in [-0.2, -0.15) is 0 Å². The number of rotatable bonds is 5. The molecule has 0 spiro atoms. The fourth-order valence-electron chi connectivity index (χ4n) is 3.11. The molecule has 1 aromatic heterocycles. The molecular weight excluding hydrogens is 374 g/mol. The predicted octanol–water partition coefficient (Wildman–Crippen LogP) is 2.81. The van der Waals surface area contributed by atoms with Gasteiger partial charge in [-0.3, -0.25) is 9.10 Å². The molecule has 1 aromatic carbocycles. The van der Waals surface area contributed by atoms with Crippen LogP contribution in [0, 0.1) is 6.92 Å².